The van der Waals surface area contributed by atoms with E-state index in [1.54, 1.807) is 25.9 Å². The highest BCUT2D eigenvalue weighted by Gasteiger charge is 2.48. The van der Waals surface area contributed by atoms with E-state index in [0.29, 0.717) is 13.2 Å². The van der Waals surface area contributed by atoms with Crippen LogP contribution in [-0.2, 0) is 14.3 Å². The molecule has 0 aromatic carbocycles. The van der Waals surface area contributed by atoms with Gasteiger partial charge in [0.15, 0.2) is 17.4 Å². The van der Waals surface area contributed by atoms with Gasteiger partial charge in [0, 0.05) is 46.1 Å². The molecule has 1 N–H and O–H groups in total. The predicted molar refractivity (Wildman–Crippen MR) is 94.6 cm³/mol. The average molecular weight is 371 g/mol. The molecule has 0 aromatic rings. The molecule has 0 aliphatic carbocycles. The molecule has 10 heteroatoms. The van der Waals surface area contributed by atoms with Gasteiger partial charge in [0.1, 0.15) is 0 Å². The summed E-state index contributed by atoms with van der Waals surface area (Å²) in [5.41, 5.74) is 0. The molecule has 2 unspecified atom stereocenters. The van der Waals surface area contributed by atoms with Crippen LogP contribution in [-0.4, -0.2) is 110 Å². The summed E-state index contributed by atoms with van der Waals surface area (Å²) in [6.45, 7) is 5.47. The van der Waals surface area contributed by atoms with Crippen LogP contribution in [0.15, 0.2) is 4.99 Å². The number of morpholine rings is 1. The summed E-state index contributed by atoms with van der Waals surface area (Å²) in [6, 6.07) is -0.884. The van der Waals surface area contributed by atoms with E-state index in [2.05, 4.69) is 15.2 Å². The van der Waals surface area contributed by atoms with Crippen LogP contribution in [0, 0.1) is 0 Å². The second-order valence-corrected chi connectivity index (χ2v) is 7.23. The quantitative estimate of drug-likeness (QED) is 0.657. The molecule has 0 radical (unpaired) electrons. The first-order valence-electron chi connectivity index (χ1n) is 8.45. The molecule has 2 atom stereocenters. The van der Waals surface area contributed by atoms with Gasteiger partial charge in [0.2, 0.25) is 0 Å². The third-order valence-electron chi connectivity index (χ3n) is 4.60. The molecule has 3 rings (SSSR count). The number of urea groups is 1. The van der Waals surface area contributed by atoms with Gasteiger partial charge in [-0.05, 0) is 0 Å². The van der Waals surface area contributed by atoms with Crippen molar-refractivity contribution < 1.29 is 19.1 Å². The fourth-order valence-corrected chi connectivity index (χ4v) is 4.22. The summed E-state index contributed by atoms with van der Waals surface area (Å²) in [5, 5.41) is 3.20. The summed E-state index contributed by atoms with van der Waals surface area (Å²) in [5.74, 6) is 0.581. The van der Waals surface area contributed by atoms with Crippen molar-refractivity contribution in [1.29, 1.82) is 0 Å². The van der Waals surface area contributed by atoms with Crippen LogP contribution < -0.4 is 5.32 Å². The number of methoxy groups -OCH3 is 1. The lowest BCUT2D eigenvalue weighted by molar-refractivity contribution is -0.127. The zero-order chi connectivity index (χ0) is 17.8. The Balaban J connectivity index is 1.64. The number of amidine groups is 1. The molecule has 3 aliphatic rings. The number of imide groups is 1. The molecule has 2 fully saturated rings. The fraction of sp³-hybridized carbons (Fsp3) is 0.800. The Hall–Kier alpha value is -1.36. The molecule has 25 heavy (non-hydrogen) atoms. The second-order valence-electron chi connectivity index (χ2n) is 6.16. The number of rotatable bonds is 6. The standard InChI is InChI=1S/C15H25N5O4S/c1-18-12-11(13(21)17-14(18)22)20(5-7-23-2)15(16-12)25-10-6-19-3-8-24-9-4-19/h11-12H,3-10H2,1-2H3,(H,17,21,22). The molecule has 2 saturated heterocycles. The molecule has 3 amide bonds. The van der Waals surface area contributed by atoms with Crippen molar-refractivity contribution in [3.05, 3.63) is 0 Å². The molecule has 9 nitrogen and oxygen atoms in total. The molecule has 3 aliphatic heterocycles. The lowest BCUT2D eigenvalue weighted by Gasteiger charge is -2.36. The van der Waals surface area contributed by atoms with Crippen molar-refractivity contribution in [2.75, 3.05) is 65.9 Å². The smallest absolute Gasteiger partial charge is 0.325 e. The highest BCUT2D eigenvalue weighted by atomic mass is 32.2. The summed E-state index contributed by atoms with van der Waals surface area (Å²) in [4.78, 5) is 34.6. The number of fused-ring (bicyclic) bond motifs is 1. The van der Waals surface area contributed by atoms with Gasteiger partial charge in [-0.2, -0.15) is 0 Å². The minimum atomic E-state index is -0.483. The Morgan fingerprint density at radius 1 is 1.32 bits per heavy atom. The number of hydrogen-bond donors (Lipinski definition) is 1. The number of amides is 3. The summed E-state index contributed by atoms with van der Waals surface area (Å²) >= 11 is 1.63. The largest absolute Gasteiger partial charge is 0.383 e. The molecule has 0 aromatic heterocycles. The minimum absolute atomic E-state index is 0.295. The van der Waals surface area contributed by atoms with Crippen LogP contribution in [0.1, 0.15) is 0 Å². The lowest BCUT2D eigenvalue weighted by atomic mass is 10.1. The van der Waals surface area contributed by atoms with Gasteiger partial charge in [0.05, 0.1) is 19.8 Å². The maximum absolute atomic E-state index is 12.3. The predicted octanol–water partition coefficient (Wildman–Crippen LogP) is -0.754. The Morgan fingerprint density at radius 2 is 2.08 bits per heavy atom. The van der Waals surface area contributed by atoms with Crippen molar-refractivity contribution in [2.45, 2.75) is 12.2 Å². The Kier molecular flexibility index (Phi) is 6.15. The van der Waals surface area contributed by atoms with Gasteiger partial charge < -0.3 is 19.3 Å². The topological polar surface area (TPSA) is 86.7 Å². The van der Waals surface area contributed by atoms with Gasteiger partial charge in [-0.15, -0.1) is 0 Å². The van der Waals surface area contributed by atoms with Crippen LogP contribution in [0.2, 0.25) is 0 Å². The Morgan fingerprint density at radius 3 is 2.80 bits per heavy atom. The normalized spacial score (nSPS) is 27.4. The van der Waals surface area contributed by atoms with E-state index in [-0.39, 0.29) is 5.91 Å². The molecular weight excluding hydrogens is 346 g/mol. The number of ether oxygens (including phenoxy) is 2. The highest BCUT2D eigenvalue weighted by molar-refractivity contribution is 8.13. The second kappa shape index (κ2) is 8.35. The van der Waals surface area contributed by atoms with Crippen LogP contribution in [0.25, 0.3) is 0 Å². The van der Waals surface area contributed by atoms with Crippen LogP contribution in [0.5, 0.6) is 0 Å². The van der Waals surface area contributed by atoms with E-state index in [0.717, 1.165) is 43.8 Å². The lowest BCUT2D eigenvalue weighted by Crippen LogP contribution is -2.63. The molecule has 140 valence electrons. The number of carbonyl (C=O) groups is 2. The van der Waals surface area contributed by atoms with E-state index in [1.165, 1.54) is 4.90 Å². The number of thioether (sulfide) groups is 1. The summed E-state index contributed by atoms with van der Waals surface area (Å²) in [6.07, 6.45) is -0.469. The molecule has 0 bridgehead atoms. The van der Waals surface area contributed by atoms with Gasteiger partial charge in [-0.1, -0.05) is 11.8 Å². The van der Waals surface area contributed by atoms with Crippen molar-refractivity contribution in [3.8, 4) is 0 Å². The molecular formula is C15H25N5O4S. The maximum atomic E-state index is 12.3. The molecule has 0 spiro atoms. The summed E-state index contributed by atoms with van der Waals surface area (Å²) < 4.78 is 10.5. The third kappa shape index (κ3) is 4.08. The first-order valence-corrected chi connectivity index (χ1v) is 9.44. The summed E-state index contributed by atoms with van der Waals surface area (Å²) in [7, 11) is 3.30. The average Bonchev–Trinajstić information content (AvgIpc) is 2.98. The monoisotopic (exact) mass is 371 g/mol. The van der Waals surface area contributed by atoms with Crippen molar-refractivity contribution in [2.24, 2.45) is 4.99 Å². The van der Waals surface area contributed by atoms with Gasteiger partial charge >= 0.3 is 6.03 Å². The zero-order valence-electron chi connectivity index (χ0n) is 14.6. The number of hydrogen-bond acceptors (Lipinski definition) is 8. The van der Waals surface area contributed by atoms with E-state index < -0.39 is 18.2 Å². The van der Waals surface area contributed by atoms with Gasteiger partial charge in [-0.25, -0.2) is 9.79 Å². The third-order valence-corrected chi connectivity index (χ3v) is 5.59. The Labute approximate surface area is 151 Å². The van der Waals surface area contributed by atoms with E-state index >= 15 is 0 Å². The van der Waals surface area contributed by atoms with Gasteiger partial charge in [-0.3, -0.25) is 15.0 Å². The maximum Gasteiger partial charge on any atom is 0.325 e. The minimum Gasteiger partial charge on any atom is -0.383 e. The Bertz CT molecular complexity index is 540. The van der Waals surface area contributed by atoms with Gasteiger partial charge in [0.25, 0.3) is 5.91 Å². The van der Waals surface area contributed by atoms with Crippen LogP contribution in [0.4, 0.5) is 4.79 Å². The van der Waals surface area contributed by atoms with Crippen LogP contribution >= 0.6 is 11.8 Å². The van der Waals surface area contributed by atoms with Crippen LogP contribution in [0.3, 0.4) is 0 Å². The number of carbonyl (C=O) groups excluding carboxylic acids is 2. The first kappa shape index (κ1) is 18.4. The van der Waals surface area contributed by atoms with Crippen molar-refractivity contribution in [1.82, 2.24) is 20.0 Å². The number of nitrogens with zero attached hydrogens (tertiary/aromatic N) is 4. The van der Waals surface area contributed by atoms with E-state index in [4.69, 9.17) is 9.47 Å². The fourth-order valence-electron chi connectivity index (χ4n) is 3.14. The number of aliphatic imine (C=N–C) groups is 1. The SMILES string of the molecule is COCCN1C(SCCN2CCOCC2)=NC2C1C(=O)NC(=O)N2C. The van der Waals surface area contributed by atoms with E-state index in [9.17, 15) is 9.59 Å². The first-order chi connectivity index (χ1) is 12.1. The van der Waals surface area contributed by atoms with Crippen molar-refractivity contribution >= 4 is 28.9 Å². The molecule has 3 heterocycles. The van der Waals surface area contributed by atoms with Crippen molar-refractivity contribution in [3.63, 3.8) is 0 Å². The number of likely N-dealkylation sites (N-methyl/N-ethyl adjacent to an activating group) is 1. The molecule has 0 saturated carbocycles. The highest BCUT2D eigenvalue weighted by Crippen LogP contribution is 2.28. The zero-order valence-corrected chi connectivity index (χ0v) is 15.5. The van der Waals surface area contributed by atoms with E-state index in [1.807, 2.05) is 4.90 Å². The number of nitrogens with one attached hydrogen (secondary N) is 1.